The van der Waals surface area contributed by atoms with Crippen molar-refractivity contribution < 1.29 is 9.18 Å². The predicted octanol–water partition coefficient (Wildman–Crippen LogP) is 2.90. The summed E-state index contributed by atoms with van der Waals surface area (Å²) >= 11 is 0. The van der Waals surface area contributed by atoms with E-state index < -0.39 is 0 Å². The standard InChI is InChI=1S/C13H11FO/c14-13-10-4-2-1-3-8(10)7-9-5-6-11(15)12(9)13/h1-4,9H,5-7H2. The van der Waals surface area contributed by atoms with Gasteiger partial charge in [0.15, 0.2) is 5.78 Å². The second kappa shape index (κ2) is 3.02. The average molecular weight is 202 g/mol. The first-order chi connectivity index (χ1) is 7.27. The van der Waals surface area contributed by atoms with Crippen molar-refractivity contribution in [3.05, 3.63) is 41.0 Å². The van der Waals surface area contributed by atoms with Crippen molar-refractivity contribution in [2.45, 2.75) is 19.3 Å². The molecule has 0 radical (unpaired) electrons. The number of hydrogen-bond donors (Lipinski definition) is 0. The number of allylic oxidation sites excluding steroid dienone is 1. The summed E-state index contributed by atoms with van der Waals surface area (Å²) in [5.74, 6) is -0.135. The minimum absolute atomic E-state index is 0.00648. The maximum atomic E-state index is 14.0. The zero-order valence-electron chi connectivity index (χ0n) is 8.29. The highest BCUT2D eigenvalue weighted by atomic mass is 19.1. The number of benzene rings is 1. The van der Waals surface area contributed by atoms with E-state index in [1.807, 2.05) is 18.2 Å². The fraction of sp³-hybridized carbons (Fsp3) is 0.308. The van der Waals surface area contributed by atoms with Gasteiger partial charge in [0.2, 0.25) is 0 Å². The van der Waals surface area contributed by atoms with E-state index in [0.717, 1.165) is 18.4 Å². The fourth-order valence-corrected chi connectivity index (χ4v) is 2.64. The monoisotopic (exact) mass is 202 g/mol. The van der Waals surface area contributed by atoms with E-state index in [1.54, 1.807) is 6.07 Å². The van der Waals surface area contributed by atoms with Crippen molar-refractivity contribution in [2.75, 3.05) is 0 Å². The Morgan fingerprint density at radius 3 is 2.93 bits per heavy atom. The van der Waals surface area contributed by atoms with Gasteiger partial charge >= 0.3 is 0 Å². The lowest BCUT2D eigenvalue weighted by Gasteiger charge is -2.20. The second-order valence-electron chi connectivity index (χ2n) is 4.25. The third-order valence-electron chi connectivity index (χ3n) is 3.39. The Kier molecular flexibility index (Phi) is 1.78. The van der Waals surface area contributed by atoms with Gasteiger partial charge in [-0.2, -0.15) is 0 Å². The summed E-state index contributed by atoms with van der Waals surface area (Å²) in [6.45, 7) is 0. The molecule has 0 aliphatic heterocycles. The van der Waals surface area contributed by atoms with E-state index in [0.29, 0.717) is 17.6 Å². The number of ketones is 1. The van der Waals surface area contributed by atoms with Crippen LogP contribution in [0.15, 0.2) is 29.8 Å². The zero-order chi connectivity index (χ0) is 10.4. The van der Waals surface area contributed by atoms with Gasteiger partial charge in [0.05, 0.1) is 0 Å². The molecule has 0 aromatic heterocycles. The van der Waals surface area contributed by atoms with Gasteiger partial charge in [0, 0.05) is 17.6 Å². The van der Waals surface area contributed by atoms with E-state index in [1.165, 1.54) is 0 Å². The van der Waals surface area contributed by atoms with E-state index in [-0.39, 0.29) is 17.5 Å². The molecule has 15 heavy (non-hydrogen) atoms. The van der Waals surface area contributed by atoms with Crippen LogP contribution in [-0.4, -0.2) is 5.78 Å². The molecule has 0 spiro atoms. The van der Waals surface area contributed by atoms with Crippen LogP contribution < -0.4 is 0 Å². The first kappa shape index (κ1) is 8.84. The molecule has 0 bridgehead atoms. The highest BCUT2D eigenvalue weighted by molar-refractivity contribution is 6.04. The van der Waals surface area contributed by atoms with Gasteiger partial charge in [0.25, 0.3) is 0 Å². The summed E-state index contributed by atoms with van der Waals surface area (Å²) < 4.78 is 14.0. The Labute approximate surface area is 87.6 Å². The molecule has 1 aromatic rings. The van der Waals surface area contributed by atoms with Crippen LogP contribution in [0, 0.1) is 5.92 Å². The third-order valence-corrected chi connectivity index (χ3v) is 3.39. The Morgan fingerprint density at radius 2 is 2.07 bits per heavy atom. The number of hydrogen-bond acceptors (Lipinski definition) is 1. The average Bonchev–Trinajstić information content (AvgIpc) is 2.61. The lowest BCUT2D eigenvalue weighted by atomic mass is 9.84. The molecule has 2 aliphatic carbocycles. The molecule has 1 atom stereocenters. The number of carbonyl (C=O) groups excluding carboxylic acids is 1. The van der Waals surface area contributed by atoms with Gasteiger partial charge in [-0.15, -0.1) is 0 Å². The van der Waals surface area contributed by atoms with Crippen LogP contribution >= 0.6 is 0 Å². The van der Waals surface area contributed by atoms with Crippen LogP contribution in [0.1, 0.15) is 24.0 Å². The van der Waals surface area contributed by atoms with Crippen molar-refractivity contribution in [1.82, 2.24) is 0 Å². The smallest absolute Gasteiger partial charge is 0.162 e. The SMILES string of the molecule is O=C1CCC2Cc3ccccc3C(F)=C12. The molecule has 0 N–H and O–H groups in total. The van der Waals surface area contributed by atoms with E-state index >= 15 is 0 Å². The summed E-state index contributed by atoms with van der Waals surface area (Å²) in [4.78, 5) is 11.5. The number of halogens is 1. The van der Waals surface area contributed by atoms with Gasteiger partial charge in [-0.25, -0.2) is 4.39 Å². The Morgan fingerprint density at radius 1 is 1.27 bits per heavy atom. The maximum absolute atomic E-state index is 14.0. The largest absolute Gasteiger partial charge is 0.294 e. The molecule has 1 unspecified atom stereocenters. The summed E-state index contributed by atoms with van der Waals surface area (Å²) in [5.41, 5.74) is 2.12. The van der Waals surface area contributed by atoms with Crippen LogP contribution in [0.3, 0.4) is 0 Å². The first-order valence-electron chi connectivity index (χ1n) is 5.28. The summed E-state index contributed by atoms with van der Waals surface area (Å²) in [6.07, 6.45) is 2.15. The van der Waals surface area contributed by atoms with E-state index in [9.17, 15) is 9.18 Å². The van der Waals surface area contributed by atoms with Crippen molar-refractivity contribution in [2.24, 2.45) is 5.92 Å². The van der Waals surface area contributed by atoms with Gasteiger partial charge in [-0.1, -0.05) is 24.3 Å². The Hall–Kier alpha value is -1.44. The normalized spacial score (nSPS) is 24.1. The maximum Gasteiger partial charge on any atom is 0.162 e. The van der Waals surface area contributed by atoms with Crippen molar-refractivity contribution in [3.8, 4) is 0 Å². The van der Waals surface area contributed by atoms with Crippen molar-refractivity contribution >= 4 is 11.6 Å². The van der Waals surface area contributed by atoms with Gasteiger partial charge in [-0.05, 0) is 24.3 Å². The lowest BCUT2D eigenvalue weighted by molar-refractivity contribution is -0.114. The summed E-state index contributed by atoms with van der Waals surface area (Å²) in [6, 6.07) is 7.46. The number of Topliss-reactive ketones (excluding diaryl/α,β-unsaturated/α-hetero) is 1. The summed E-state index contributed by atoms with van der Waals surface area (Å²) in [7, 11) is 0. The van der Waals surface area contributed by atoms with Gasteiger partial charge in [-0.3, -0.25) is 4.79 Å². The van der Waals surface area contributed by atoms with Crippen LogP contribution in [0.25, 0.3) is 5.83 Å². The number of rotatable bonds is 0. The molecule has 3 rings (SSSR count). The van der Waals surface area contributed by atoms with E-state index in [2.05, 4.69) is 0 Å². The first-order valence-corrected chi connectivity index (χ1v) is 5.28. The second-order valence-corrected chi connectivity index (χ2v) is 4.25. The van der Waals surface area contributed by atoms with Crippen LogP contribution in [0.2, 0.25) is 0 Å². The third kappa shape index (κ3) is 1.17. The highest BCUT2D eigenvalue weighted by Crippen LogP contribution is 2.42. The topological polar surface area (TPSA) is 17.1 Å². The quantitative estimate of drug-likeness (QED) is 0.632. The molecule has 0 amide bonds. The zero-order valence-corrected chi connectivity index (χ0v) is 8.29. The molecule has 1 saturated carbocycles. The van der Waals surface area contributed by atoms with Crippen LogP contribution in [0.5, 0.6) is 0 Å². The molecule has 2 aliphatic rings. The summed E-state index contributed by atoms with van der Waals surface area (Å²) in [5, 5.41) is 0. The molecule has 0 saturated heterocycles. The Balaban J connectivity index is 2.22. The fourth-order valence-electron chi connectivity index (χ4n) is 2.64. The molecular weight excluding hydrogens is 191 g/mol. The Bertz CT molecular complexity index is 473. The van der Waals surface area contributed by atoms with Gasteiger partial charge in [0.1, 0.15) is 5.83 Å². The number of carbonyl (C=O) groups is 1. The predicted molar refractivity (Wildman–Crippen MR) is 55.9 cm³/mol. The molecule has 0 heterocycles. The van der Waals surface area contributed by atoms with Crippen LogP contribution in [0.4, 0.5) is 4.39 Å². The molecule has 1 aromatic carbocycles. The van der Waals surface area contributed by atoms with Crippen LogP contribution in [-0.2, 0) is 11.2 Å². The highest BCUT2D eigenvalue weighted by Gasteiger charge is 2.36. The van der Waals surface area contributed by atoms with E-state index in [4.69, 9.17) is 0 Å². The lowest BCUT2D eigenvalue weighted by Crippen LogP contribution is -2.13. The molecule has 2 heteroatoms. The van der Waals surface area contributed by atoms with Crippen molar-refractivity contribution in [3.63, 3.8) is 0 Å². The molecule has 1 fully saturated rings. The molecular formula is C13H11FO. The minimum Gasteiger partial charge on any atom is -0.294 e. The minimum atomic E-state index is -0.274. The molecule has 1 nitrogen and oxygen atoms in total. The molecule has 76 valence electrons. The van der Waals surface area contributed by atoms with Crippen molar-refractivity contribution in [1.29, 1.82) is 0 Å². The van der Waals surface area contributed by atoms with Gasteiger partial charge < -0.3 is 0 Å². The number of fused-ring (bicyclic) bond motifs is 2.